The van der Waals surface area contributed by atoms with Crippen LogP contribution < -0.4 is 0 Å². The number of phenolic OH excluding ortho intramolecular Hbond substituents is 2. The smallest absolute Gasteiger partial charge is 0.322 e. The van der Waals surface area contributed by atoms with E-state index in [9.17, 15) is 29.7 Å². The molecule has 0 aromatic heterocycles. The van der Waals surface area contributed by atoms with Crippen LogP contribution >= 0.6 is 0 Å². The number of benzene rings is 1. The Balaban J connectivity index is 2.61. The molecular weight excluding hydrogens is 336 g/mol. The molecule has 0 amide bonds. The summed E-state index contributed by atoms with van der Waals surface area (Å²) in [5.41, 5.74) is -1.66. The van der Waals surface area contributed by atoms with Crippen molar-refractivity contribution in [2.24, 2.45) is 11.8 Å². The number of phenols is 2. The van der Waals surface area contributed by atoms with Gasteiger partial charge in [-0.3, -0.25) is 14.4 Å². The molecule has 0 radical (unpaired) electrons. The number of carbonyl (C=O) groups is 3. The number of carboxylic acids is 1. The first-order valence-corrected chi connectivity index (χ1v) is 8.30. The molecule has 0 aliphatic heterocycles. The highest BCUT2D eigenvalue weighted by molar-refractivity contribution is 6.22. The van der Waals surface area contributed by atoms with Crippen LogP contribution in [-0.4, -0.2) is 32.9 Å². The number of aliphatic carboxylic acids is 1. The topological polar surface area (TPSA) is 112 Å². The fraction of sp³-hybridized carbons (Fsp3) is 0.350. The van der Waals surface area contributed by atoms with E-state index in [2.05, 4.69) is 0 Å². The van der Waals surface area contributed by atoms with Crippen LogP contribution in [0.4, 0.5) is 0 Å². The third-order valence-corrected chi connectivity index (χ3v) is 5.68. The van der Waals surface area contributed by atoms with Crippen LogP contribution in [0.15, 0.2) is 23.8 Å². The van der Waals surface area contributed by atoms with Gasteiger partial charge in [-0.15, -0.1) is 0 Å². The average molecular weight is 356 g/mol. The van der Waals surface area contributed by atoms with Crippen LogP contribution in [0, 0.1) is 25.7 Å². The molecule has 0 saturated heterocycles. The number of carboxylic acid groups (broad SMARTS) is 1. The number of Topliss-reactive ketones (excluding diaryl/α,β-unsaturated/α-hetero) is 1. The Morgan fingerprint density at radius 2 is 1.73 bits per heavy atom. The Kier molecular flexibility index (Phi) is 3.83. The van der Waals surface area contributed by atoms with Gasteiger partial charge in [0, 0.05) is 11.5 Å². The fourth-order valence-corrected chi connectivity index (χ4v) is 4.48. The summed E-state index contributed by atoms with van der Waals surface area (Å²) in [6, 6.07) is 0. The van der Waals surface area contributed by atoms with Gasteiger partial charge in [-0.05, 0) is 44.9 Å². The van der Waals surface area contributed by atoms with E-state index in [1.54, 1.807) is 26.0 Å². The van der Waals surface area contributed by atoms with Gasteiger partial charge in [-0.25, -0.2) is 0 Å². The van der Waals surface area contributed by atoms with E-state index < -0.39 is 40.5 Å². The van der Waals surface area contributed by atoms with Crippen molar-refractivity contribution in [1.82, 2.24) is 0 Å². The number of hydrogen-bond donors (Lipinski definition) is 3. The summed E-state index contributed by atoms with van der Waals surface area (Å²) in [4.78, 5) is 38.7. The van der Waals surface area contributed by atoms with Crippen molar-refractivity contribution >= 4 is 17.5 Å². The molecule has 0 fully saturated rings. The maximum absolute atomic E-state index is 13.2. The molecule has 2 aliphatic rings. The van der Waals surface area contributed by atoms with Crippen molar-refractivity contribution in [3.05, 3.63) is 46.1 Å². The van der Waals surface area contributed by atoms with Gasteiger partial charge in [0.15, 0.2) is 17.0 Å². The average Bonchev–Trinajstić information content (AvgIpc) is 2.56. The summed E-state index contributed by atoms with van der Waals surface area (Å²) >= 11 is 0. The predicted molar refractivity (Wildman–Crippen MR) is 93.4 cm³/mol. The SMILES string of the molecule is CC=CC1C2C(=O)c3c(O)c(C)c(O)c(C)c3C1(C(=O)O)C(=O)C=C2C. The number of rotatable bonds is 2. The van der Waals surface area contributed by atoms with Crippen LogP contribution in [0.1, 0.15) is 40.9 Å². The molecule has 2 aliphatic carbocycles. The van der Waals surface area contributed by atoms with Gasteiger partial charge in [0.2, 0.25) is 0 Å². The minimum Gasteiger partial charge on any atom is -0.507 e. The zero-order valence-electron chi connectivity index (χ0n) is 15.0. The molecule has 2 bridgehead atoms. The lowest BCUT2D eigenvalue weighted by Crippen LogP contribution is -2.59. The zero-order chi connectivity index (χ0) is 19.5. The first-order valence-electron chi connectivity index (χ1n) is 8.30. The third kappa shape index (κ3) is 1.84. The highest BCUT2D eigenvalue weighted by Crippen LogP contribution is 2.56. The minimum absolute atomic E-state index is 0.0896. The molecule has 26 heavy (non-hydrogen) atoms. The molecule has 3 rings (SSSR count). The lowest BCUT2D eigenvalue weighted by atomic mass is 9.51. The van der Waals surface area contributed by atoms with E-state index in [1.165, 1.54) is 19.9 Å². The van der Waals surface area contributed by atoms with Crippen molar-refractivity contribution in [1.29, 1.82) is 0 Å². The Morgan fingerprint density at radius 1 is 1.12 bits per heavy atom. The molecule has 1 aromatic carbocycles. The first-order chi connectivity index (χ1) is 12.1. The number of aromatic hydroxyl groups is 2. The molecule has 3 N–H and O–H groups in total. The quantitative estimate of drug-likeness (QED) is 0.555. The Hall–Kier alpha value is -2.89. The molecule has 3 unspecified atom stereocenters. The molecule has 6 heteroatoms. The molecule has 0 heterocycles. The molecular formula is C20H20O6. The van der Waals surface area contributed by atoms with Gasteiger partial charge in [-0.1, -0.05) is 17.7 Å². The molecule has 136 valence electrons. The molecule has 1 aromatic rings. The van der Waals surface area contributed by atoms with E-state index in [4.69, 9.17) is 0 Å². The number of fused-ring (bicyclic) bond motifs is 4. The maximum Gasteiger partial charge on any atom is 0.322 e. The monoisotopic (exact) mass is 356 g/mol. The van der Waals surface area contributed by atoms with Crippen LogP contribution in [0.5, 0.6) is 11.5 Å². The van der Waals surface area contributed by atoms with Crippen molar-refractivity contribution in [2.75, 3.05) is 0 Å². The number of ketones is 2. The van der Waals surface area contributed by atoms with E-state index in [1.807, 2.05) is 0 Å². The van der Waals surface area contributed by atoms with Gasteiger partial charge >= 0.3 is 5.97 Å². The first kappa shape index (κ1) is 17.9. The zero-order valence-corrected chi connectivity index (χ0v) is 15.0. The highest BCUT2D eigenvalue weighted by atomic mass is 16.4. The van der Waals surface area contributed by atoms with Gasteiger partial charge in [0.25, 0.3) is 0 Å². The summed E-state index contributed by atoms with van der Waals surface area (Å²) in [7, 11) is 0. The minimum atomic E-state index is -2.06. The Morgan fingerprint density at radius 3 is 2.27 bits per heavy atom. The summed E-state index contributed by atoms with van der Waals surface area (Å²) in [5, 5.41) is 31.0. The summed E-state index contributed by atoms with van der Waals surface area (Å²) in [6.45, 7) is 6.21. The third-order valence-electron chi connectivity index (χ3n) is 5.68. The second kappa shape index (κ2) is 5.56. The number of hydrogen-bond acceptors (Lipinski definition) is 5. The Bertz CT molecular complexity index is 936. The van der Waals surface area contributed by atoms with E-state index in [0.717, 1.165) is 0 Å². The highest BCUT2D eigenvalue weighted by Gasteiger charge is 2.64. The lowest BCUT2D eigenvalue weighted by molar-refractivity contribution is -0.150. The van der Waals surface area contributed by atoms with Gasteiger partial charge in [0.05, 0.1) is 11.5 Å². The standard InChI is InChI=1S/C20H20O6/c1-5-6-11-13-8(2)7-12(21)20(11,19(25)26)15-9(3)16(22)10(4)17(23)14(15)18(13)24/h5-7,11,13,22-23H,1-4H3,(H,25,26). The molecule has 0 spiro atoms. The van der Waals surface area contributed by atoms with Crippen LogP contribution in [0.2, 0.25) is 0 Å². The second-order valence-corrected chi connectivity index (χ2v) is 6.96. The summed E-state index contributed by atoms with van der Waals surface area (Å²) < 4.78 is 0. The van der Waals surface area contributed by atoms with Crippen LogP contribution in [0.25, 0.3) is 0 Å². The van der Waals surface area contributed by atoms with E-state index in [0.29, 0.717) is 5.57 Å². The second-order valence-electron chi connectivity index (χ2n) is 6.96. The van der Waals surface area contributed by atoms with E-state index >= 15 is 0 Å². The van der Waals surface area contributed by atoms with E-state index in [-0.39, 0.29) is 28.0 Å². The van der Waals surface area contributed by atoms with Crippen molar-refractivity contribution in [3.8, 4) is 11.5 Å². The summed E-state index contributed by atoms with van der Waals surface area (Å²) in [6.07, 6.45) is 4.37. The summed E-state index contributed by atoms with van der Waals surface area (Å²) in [5.74, 6) is -5.08. The molecule has 6 nitrogen and oxygen atoms in total. The normalized spacial score (nSPS) is 27.5. The predicted octanol–water partition coefficient (Wildman–Crippen LogP) is 2.57. The Labute approximate surface area is 150 Å². The fourth-order valence-electron chi connectivity index (χ4n) is 4.48. The van der Waals surface area contributed by atoms with Gasteiger partial charge in [-0.2, -0.15) is 0 Å². The van der Waals surface area contributed by atoms with Crippen molar-refractivity contribution in [2.45, 2.75) is 33.1 Å². The number of carbonyl (C=O) groups excluding carboxylic acids is 2. The van der Waals surface area contributed by atoms with Crippen LogP contribution in [-0.2, 0) is 15.0 Å². The molecule has 3 atom stereocenters. The van der Waals surface area contributed by atoms with Crippen molar-refractivity contribution in [3.63, 3.8) is 0 Å². The lowest BCUT2D eigenvalue weighted by Gasteiger charge is -2.47. The molecule has 0 saturated carbocycles. The van der Waals surface area contributed by atoms with Crippen LogP contribution in [0.3, 0.4) is 0 Å². The van der Waals surface area contributed by atoms with Gasteiger partial charge < -0.3 is 15.3 Å². The maximum atomic E-state index is 13.2. The largest absolute Gasteiger partial charge is 0.507 e. The van der Waals surface area contributed by atoms with Gasteiger partial charge in [0.1, 0.15) is 11.5 Å². The number of allylic oxidation sites excluding steroid dienone is 4. The van der Waals surface area contributed by atoms with Crippen molar-refractivity contribution < 1.29 is 29.7 Å².